The number of thioether (sulfide) groups is 1. The van der Waals surface area contributed by atoms with Gasteiger partial charge in [-0.2, -0.15) is 11.8 Å². The number of aromatic nitrogens is 1. The molecule has 2 amide bonds. The zero-order valence-corrected chi connectivity index (χ0v) is 11.7. The monoisotopic (exact) mass is 283 g/mol. The summed E-state index contributed by atoms with van der Waals surface area (Å²) >= 11 is 1.53. The molecule has 1 aromatic heterocycles. The van der Waals surface area contributed by atoms with Gasteiger partial charge in [0.05, 0.1) is 11.9 Å². The van der Waals surface area contributed by atoms with Gasteiger partial charge in [0.15, 0.2) is 0 Å². The van der Waals surface area contributed by atoms with E-state index in [1.54, 1.807) is 12.1 Å². The van der Waals surface area contributed by atoms with Crippen LogP contribution < -0.4 is 10.6 Å². The number of pyridine rings is 1. The van der Waals surface area contributed by atoms with Crippen molar-refractivity contribution in [3.8, 4) is 0 Å². The van der Waals surface area contributed by atoms with Gasteiger partial charge in [-0.15, -0.1) is 0 Å². The molecule has 1 atom stereocenters. The van der Waals surface area contributed by atoms with Crippen LogP contribution in [-0.2, 0) is 4.79 Å². The number of carboxylic acids is 1. The molecular formula is C12H17N3O3S. The van der Waals surface area contributed by atoms with Crippen LogP contribution in [0.25, 0.3) is 0 Å². The maximum atomic E-state index is 11.7. The van der Waals surface area contributed by atoms with E-state index in [0.717, 1.165) is 5.69 Å². The average Bonchev–Trinajstić information content (AvgIpc) is 2.37. The van der Waals surface area contributed by atoms with Crippen molar-refractivity contribution in [1.29, 1.82) is 0 Å². The molecule has 0 aliphatic rings. The number of carbonyl (C=O) groups is 2. The van der Waals surface area contributed by atoms with E-state index >= 15 is 0 Å². The van der Waals surface area contributed by atoms with Gasteiger partial charge < -0.3 is 15.7 Å². The van der Waals surface area contributed by atoms with E-state index in [9.17, 15) is 9.59 Å². The molecule has 7 heteroatoms. The highest BCUT2D eigenvalue weighted by molar-refractivity contribution is 7.98. The van der Waals surface area contributed by atoms with Crippen LogP contribution in [0.3, 0.4) is 0 Å². The molecule has 0 aromatic carbocycles. The molecule has 0 aliphatic heterocycles. The zero-order valence-electron chi connectivity index (χ0n) is 10.8. The lowest BCUT2D eigenvalue weighted by atomic mass is 10.2. The molecule has 0 saturated heterocycles. The second kappa shape index (κ2) is 7.63. The Bertz CT molecular complexity index is 436. The minimum atomic E-state index is -1.04. The Morgan fingerprint density at radius 1 is 1.47 bits per heavy atom. The maximum absolute atomic E-state index is 11.7. The van der Waals surface area contributed by atoms with Crippen LogP contribution in [0.1, 0.15) is 12.1 Å². The summed E-state index contributed by atoms with van der Waals surface area (Å²) in [4.78, 5) is 26.7. The van der Waals surface area contributed by atoms with Gasteiger partial charge in [-0.3, -0.25) is 4.98 Å². The first-order valence-electron chi connectivity index (χ1n) is 5.75. The summed E-state index contributed by atoms with van der Waals surface area (Å²) in [7, 11) is 0. The Hall–Kier alpha value is -1.76. The fourth-order valence-corrected chi connectivity index (χ4v) is 1.83. The first kappa shape index (κ1) is 15.3. The minimum absolute atomic E-state index is 0.385. The Labute approximate surface area is 116 Å². The smallest absolute Gasteiger partial charge is 0.326 e. The van der Waals surface area contributed by atoms with Crippen molar-refractivity contribution in [3.05, 3.63) is 24.0 Å². The largest absolute Gasteiger partial charge is 0.480 e. The number of nitrogens with one attached hydrogen (secondary N) is 2. The third-order valence-corrected chi connectivity index (χ3v) is 3.03. The van der Waals surface area contributed by atoms with Gasteiger partial charge in [-0.05, 0) is 37.5 Å². The molecule has 1 rings (SSSR count). The second-order valence-electron chi connectivity index (χ2n) is 3.96. The number of aryl methyl sites for hydroxylation is 1. The molecule has 0 saturated carbocycles. The van der Waals surface area contributed by atoms with Gasteiger partial charge in [-0.1, -0.05) is 0 Å². The number of urea groups is 1. The van der Waals surface area contributed by atoms with Crippen molar-refractivity contribution in [2.24, 2.45) is 0 Å². The highest BCUT2D eigenvalue weighted by Crippen LogP contribution is 2.06. The number of carbonyl (C=O) groups excluding carboxylic acids is 1. The lowest BCUT2D eigenvalue weighted by molar-refractivity contribution is -0.139. The van der Waals surface area contributed by atoms with E-state index in [0.29, 0.717) is 17.9 Å². The molecule has 0 bridgehead atoms. The van der Waals surface area contributed by atoms with Gasteiger partial charge in [0, 0.05) is 5.69 Å². The van der Waals surface area contributed by atoms with Crippen molar-refractivity contribution in [2.45, 2.75) is 19.4 Å². The summed E-state index contributed by atoms with van der Waals surface area (Å²) in [6.07, 6.45) is 3.79. The normalized spacial score (nSPS) is 11.7. The third kappa shape index (κ3) is 5.60. The van der Waals surface area contributed by atoms with Crippen LogP contribution in [0.15, 0.2) is 18.3 Å². The third-order valence-electron chi connectivity index (χ3n) is 2.38. The van der Waals surface area contributed by atoms with E-state index < -0.39 is 18.0 Å². The summed E-state index contributed by atoms with van der Waals surface area (Å²) in [5, 5.41) is 14.0. The standard InChI is InChI=1S/C12H17N3O3S/c1-8-3-4-9(7-13-8)14-12(18)15-10(11(16)17)5-6-19-2/h3-4,7,10H,5-6H2,1-2H3,(H,16,17)(H2,14,15,18). The molecule has 1 heterocycles. The van der Waals surface area contributed by atoms with Crippen molar-refractivity contribution < 1.29 is 14.7 Å². The number of aliphatic carboxylic acids is 1. The zero-order chi connectivity index (χ0) is 14.3. The molecule has 0 aliphatic carbocycles. The number of anilines is 1. The fraction of sp³-hybridized carbons (Fsp3) is 0.417. The van der Waals surface area contributed by atoms with Crippen LogP contribution >= 0.6 is 11.8 Å². The van der Waals surface area contributed by atoms with Crippen LogP contribution in [-0.4, -0.2) is 40.1 Å². The minimum Gasteiger partial charge on any atom is -0.480 e. The predicted octanol–water partition coefficient (Wildman–Crippen LogP) is 1.72. The van der Waals surface area contributed by atoms with E-state index in [1.807, 2.05) is 13.2 Å². The molecule has 104 valence electrons. The molecule has 0 radical (unpaired) electrons. The molecule has 19 heavy (non-hydrogen) atoms. The Morgan fingerprint density at radius 2 is 2.21 bits per heavy atom. The van der Waals surface area contributed by atoms with E-state index in [4.69, 9.17) is 5.11 Å². The quantitative estimate of drug-likeness (QED) is 0.739. The number of carboxylic acid groups (broad SMARTS) is 1. The summed E-state index contributed by atoms with van der Waals surface area (Å²) in [5.41, 5.74) is 1.37. The number of hydrogen-bond donors (Lipinski definition) is 3. The van der Waals surface area contributed by atoms with Gasteiger partial charge in [-0.25, -0.2) is 9.59 Å². The highest BCUT2D eigenvalue weighted by Gasteiger charge is 2.19. The molecule has 1 unspecified atom stereocenters. The topological polar surface area (TPSA) is 91.3 Å². The van der Waals surface area contributed by atoms with Gasteiger partial charge in [0.1, 0.15) is 6.04 Å². The van der Waals surface area contributed by atoms with Gasteiger partial charge >= 0.3 is 12.0 Å². The Balaban J connectivity index is 2.52. The van der Waals surface area contributed by atoms with Crippen LogP contribution in [0.4, 0.5) is 10.5 Å². The predicted molar refractivity (Wildman–Crippen MR) is 75.6 cm³/mol. The van der Waals surface area contributed by atoms with Crippen molar-refractivity contribution in [3.63, 3.8) is 0 Å². The number of hydrogen-bond acceptors (Lipinski definition) is 4. The highest BCUT2D eigenvalue weighted by atomic mass is 32.2. The molecule has 6 nitrogen and oxygen atoms in total. The molecule has 1 aromatic rings. The maximum Gasteiger partial charge on any atom is 0.326 e. The Kier molecular flexibility index (Phi) is 6.14. The van der Waals surface area contributed by atoms with E-state index in [2.05, 4.69) is 15.6 Å². The summed E-state index contributed by atoms with van der Waals surface area (Å²) in [6.45, 7) is 1.84. The first-order chi connectivity index (χ1) is 9.02. The van der Waals surface area contributed by atoms with Gasteiger partial charge in [0.2, 0.25) is 0 Å². The molecule has 0 spiro atoms. The van der Waals surface area contributed by atoms with E-state index in [1.165, 1.54) is 18.0 Å². The van der Waals surface area contributed by atoms with Gasteiger partial charge in [0.25, 0.3) is 0 Å². The molecule has 0 fully saturated rings. The van der Waals surface area contributed by atoms with Crippen LogP contribution in [0, 0.1) is 6.92 Å². The second-order valence-corrected chi connectivity index (χ2v) is 4.94. The number of nitrogens with zero attached hydrogens (tertiary/aromatic N) is 1. The van der Waals surface area contributed by atoms with Crippen LogP contribution in [0.2, 0.25) is 0 Å². The Morgan fingerprint density at radius 3 is 2.74 bits per heavy atom. The lowest BCUT2D eigenvalue weighted by Crippen LogP contribution is -2.43. The fourth-order valence-electron chi connectivity index (χ4n) is 1.36. The number of amides is 2. The van der Waals surface area contributed by atoms with E-state index in [-0.39, 0.29) is 0 Å². The van der Waals surface area contributed by atoms with Crippen molar-refractivity contribution in [1.82, 2.24) is 10.3 Å². The summed E-state index contributed by atoms with van der Waals surface area (Å²) in [6, 6.07) is 2.04. The van der Waals surface area contributed by atoms with Crippen molar-refractivity contribution in [2.75, 3.05) is 17.3 Å². The average molecular weight is 283 g/mol. The summed E-state index contributed by atoms with van der Waals surface area (Å²) in [5.74, 6) is -0.366. The SMILES string of the molecule is CSCCC(NC(=O)Nc1ccc(C)nc1)C(=O)O. The lowest BCUT2D eigenvalue weighted by Gasteiger charge is -2.14. The van der Waals surface area contributed by atoms with Crippen molar-refractivity contribution >= 4 is 29.4 Å². The summed E-state index contributed by atoms with van der Waals surface area (Å²) < 4.78 is 0. The van der Waals surface area contributed by atoms with Crippen LogP contribution in [0.5, 0.6) is 0 Å². The molecule has 3 N–H and O–H groups in total. The number of rotatable bonds is 6. The molecular weight excluding hydrogens is 266 g/mol. The first-order valence-corrected chi connectivity index (χ1v) is 7.14.